The van der Waals surface area contributed by atoms with E-state index in [1.807, 2.05) is 18.2 Å². The fourth-order valence-electron chi connectivity index (χ4n) is 7.72. The van der Waals surface area contributed by atoms with E-state index in [2.05, 4.69) is 84.8 Å². The van der Waals surface area contributed by atoms with Crippen LogP contribution in [0.15, 0.2) is 120 Å². The molecular weight excluding hydrogens is 600 g/mol. The van der Waals surface area contributed by atoms with Crippen LogP contribution in [0.2, 0.25) is 5.02 Å². The number of nitrogens with zero attached hydrogens (tertiary/aromatic N) is 1. The van der Waals surface area contributed by atoms with E-state index in [4.69, 9.17) is 11.6 Å². The Hall–Kier alpha value is -4.51. The zero-order valence-corrected chi connectivity index (χ0v) is 27.5. The summed E-state index contributed by atoms with van der Waals surface area (Å²) in [6.45, 7) is 6.16. The number of fused-ring (bicyclic) bond motifs is 6. The number of carbonyl (C=O) groups is 2. The van der Waals surface area contributed by atoms with Gasteiger partial charge in [0.2, 0.25) is 5.91 Å². The van der Waals surface area contributed by atoms with Crippen molar-refractivity contribution >= 4 is 45.3 Å². The summed E-state index contributed by atoms with van der Waals surface area (Å²) < 4.78 is 0. The lowest BCUT2D eigenvalue weighted by Crippen LogP contribution is -2.34. The van der Waals surface area contributed by atoms with Gasteiger partial charge in [-0.3, -0.25) is 14.5 Å². The fraction of sp³-hybridized carbons (Fsp3) is 0.238. The van der Waals surface area contributed by atoms with Gasteiger partial charge in [0.1, 0.15) is 0 Å². The second-order valence-electron chi connectivity index (χ2n) is 13.8. The molecule has 8 rings (SSSR count). The second kappa shape index (κ2) is 11.6. The van der Waals surface area contributed by atoms with Crippen LogP contribution in [0.5, 0.6) is 0 Å². The molecule has 234 valence electrons. The van der Waals surface area contributed by atoms with Crippen LogP contribution < -0.4 is 5.32 Å². The van der Waals surface area contributed by atoms with Gasteiger partial charge < -0.3 is 5.32 Å². The van der Waals surface area contributed by atoms with Crippen molar-refractivity contribution in [3.8, 4) is 0 Å². The number of anilines is 1. The first-order chi connectivity index (χ1) is 22.8. The maximum atomic E-state index is 13.8. The third-order valence-corrected chi connectivity index (χ3v) is 10.7. The molecule has 1 N–H and O–H groups in total. The lowest BCUT2D eigenvalue weighted by molar-refractivity contribution is -0.117. The minimum atomic E-state index is -0.180. The van der Waals surface area contributed by atoms with Gasteiger partial charge in [-0.1, -0.05) is 116 Å². The highest BCUT2D eigenvalue weighted by atomic mass is 35.5. The summed E-state index contributed by atoms with van der Waals surface area (Å²) in [6, 6.07) is 25.7. The first-order valence-corrected chi connectivity index (χ1v) is 16.9. The van der Waals surface area contributed by atoms with Gasteiger partial charge in [-0.25, -0.2) is 0 Å². The smallest absolute Gasteiger partial charge is 0.238 e. The van der Waals surface area contributed by atoms with E-state index in [1.165, 1.54) is 50.6 Å². The van der Waals surface area contributed by atoms with E-state index >= 15 is 0 Å². The minimum absolute atomic E-state index is 0.0710. The molecule has 1 saturated carbocycles. The van der Waals surface area contributed by atoms with Crippen LogP contribution in [-0.4, -0.2) is 29.7 Å². The van der Waals surface area contributed by atoms with Crippen molar-refractivity contribution in [1.82, 2.24) is 4.90 Å². The summed E-state index contributed by atoms with van der Waals surface area (Å²) >= 11 is 6.32. The SMILES string of the molecule is CC1C[C@@H]1c1ccc2ccc3c(c2c1)C1=C2C=CC=CC2(C)CC=C1CN(CC(=O)Nc1ccc(Cl)cc1C(=O)c1ccccc1)C3. The van der Waals surface area contributed by atoms with Crippen molar-refractivity contribution in [2.45, 2.75) is 39.2 Å². The van der Waals surface area contributed by atoms with Gasteiger partial charge in [0.25, 0.3) is 0 Å². The summed E-state index contributed by atoms with van der Waals surface area (Å²) in [6.07, 6.45) is 13.5. The Morgan fingerprint density at radius 3 is 2.60 bits per heavy atom. The van der Waals surface area contributed by atoms with E-state index in [-0.39, 0.29) is 23.7 Å². The molecule has 0 saturated heterocycles. The molecule has 1 amide bonds. The van der Waals surface area contributed by atoms with E-state index in [0.29, 0.717) is 40.8 Å². The van der Waals surface area contributed by atoms with Crippen molar-refractivity contribution in [3.05, 3.63) is 153 Å². The Morgan fingerprint density at radius 1 is 0.979 bits per heavy atom. The summed E-state index contributed by atoms with van der Waals surface area (Å²) in [7, 11) is 0. The molecule has 0 bridgehead atoms. The first kappa shape index (κ1) is 29.9. The maximum absolute atomic E-state index is 13.8. The molecule has 4 aromatic rings. The predicted octanol–water partition coefficient (Wildman–Crippen LogP) is 9.52. The monoisotopic (exact) mass is 636 g/mol. The Morgan fingerprint density at radius 2 is 1.79 bits per heavy atom. The third kappa shape index (κ3) is 5.50. The molecule has 3 atom stereocenters. The number of rotatable bonds is 6. The number of carbonyl (C=O) groups excluding carboxylic acids is 2. The molecule has 4 nitrogen and oxygen atoms in total. The summed E-state index contributed by atoms with van der Waals surface area (Å²) in [4.78, 5) is 29.4. The third-order valence-electron chi connectivity index (χ3n) is 10.4. The number of nitrogens with one attached hydrogen (secondary N) is 1. The summed E-state index contributed by atoms with van der Waals surface area (Å²) in [5.41, 5.74) is 9.23. The zero-order chi connectivity index (χ0) is 32.3. The molecule has 0 radical (unpaired) electrons. The maximum Gasteiger partial charge on any atom is 0.238 e. The van der Waals surface area contributed by atoms with Crippen molar-refractivity contribution in [2.75, 3.05) is 18.4 Å². The topological polar surface area (TPSA) is 49.4 Å². The highest BCUT2D eigenvalue weighted by molar-refractivity contribution is 6.31. The molecule has 1 fully saturated rings. The number of hydrogen-bond acceptors (Lipinski definition) is 3. The Kier molecular flexibility index (Phi) is 7.39. The molecule has 47 heavy (non-hydrogen) atoms. The highest BCUT2D eigenvalue weighted by Gasteiger charge is 2.37. The molecule has 0 spiro atoms. The van der Waals surface area contributed by atoms with Crippen LogP contribution in [0.4, 0.5) is 5.69 Å². The number of amides is 1. The number of benzene rings is 4. The fourth-order valence-corrected chi connectivity index (χ4v) is 7.90. The van der Waals surface area contributed by atoms with Crippen molar-refractivity contribution in [3.63, 3.8) is 0 Å². The number of ketones is 1. The molecule has 4 aliphatic rings. The van der Waals surface area contributed by atoms with E-state index < -0.39 is 0 Å². The number of allylic oxidation sites excluding steroid dienone is 6. The van der Waals surface area contributed by atoms with Gasteiger partial charge in [-0.15, -0.1) is 0 Å². The van der Waals surface area contributed by atoms with Gasteiger partial charge in [0.05, 0.1) is 12.2 Å². The van der Waals surface area contributed by atoms with Gasteiger partial charge in [-0.05, 0) is 87.1 Å². The predicted molar refractivity (Wildman–Crippen MR) is 192 cm³/mol. The summed E-state index contributed by atoms with van der Waals surface area (Å²) in [5.74, 6) is 1.02. The minimum Gasteiger partial charge on any atom is -0.324 e. The molecular formula is C42H37ClN2O2. The first-order valence-electron chi connectivity index (χ1n) is 16.5. The Bertz CT molecular complexity index is 2090. The zero-order valence-electron chi connectivity index (χ0n) is 26.7. The summed E-state index contributed by atoms with van der Waals surface area (Å²) in [5, 5.41) is 6.05. The normalized spacial score (nSPS) is 23.0. The van der Waals surface area contributed by atoms with Crippen LogP contribution in [0, 0.1) is 11.3 Å². The molecule has 2 unspecified atom stereocenters. The average Bonchev–Trinajstić information content (AvgIpc) is 3.84. The molecule has 0 aromatic heterocycles. The molecule has 1 heterocycles. The largest absolute Gasteiger partial charge is 0.324 e. The lowest BCUT2D eigenvalue weighted by atomic mass is 9.68. The second-order valence-corrected chi connectivity index (χ2v) is 14.3. The van der Waals surface area contributed by atoms with Gasteiger partial charge in [-0.2, -0.15) is 0 Å². The van der Waals surface area contributed by atoms with E-state index in [9.17, 15) is 9.59 Å². The lowest BCUT2D eigenvalue weighted by Gasteiger charge is -2.36. The highest BCUT2D eigenvalue weighted by Crippen LogP contribution is 2.52. The van der Waals surface area contributed by atoms with Crippen LogP contribution in [-0.2, 0) is 11.3 Å². The molecule has 1 aliphatic heterocycles. The standard InChI is InChI=1S/C42H37ClN2O2/c1-26-20-33(26)29-13-11-27-12-14-30-23-45(24-31-17-19-42(2)18-7-6-10-36(42)40(31)39(30)34(27)21-29)25-38(46)44-37-16-15-32(43)22-35(37)41(47)28-8-4-3-5-9-28/h3-18,21-22,26,33H,19-20,23-25H2,1-2H3,(H,44,46)/t26?,33-,42?/m0/s1. The molecule has 4 aromatic carbocycles. The van der Waals surface area contributed by atoms with Crippen molar-refractivity contribution < 1.29 is 9.59 Å². The Balaban J connectivity index is 1.16. The number of hydrogen-bond donors (Lipinski definition) is 1. The Labute approximate surface area is 281 Å². The quantitative estimate of drug-likeness (QED) is 0.214. The van der Waals surface area contributed by atoms with Crippen molar-refractivity contribution in [2.24, 2.45) is 11.3 Å². The van der Waals surface area contributed by atoms with E-state index in [1.54, 1.807) is 30.3 Å². The van der Waals surface area contributed by atoms with Crippen LogP contribution in [0.25, 0.3) is 16.3 Å². The van der Waals surface area contributed by atoms with E-state index in [0.717, 1.165) is 12.3 Å². The average molecular weight is 637 g/mol. The molecule has 3 aliphatic carbocycles. The van der Waals surface area contributed by atoms with Crippen LogP contribution in [0.1, 0.15) is 65.2 Å². The van der Waals surface area contributed by atoms with Gasteiger partial charge in [0, 0.05) is 34.7 Å². The number of halogens is 1. The van der Waals surface area contributed by atoms with Crippen molar-refractivity contribution in [1.29, 1.82) is 0 Å². The molecule has 5 heteroatoms. The van der Waals surface area contributed by atoms with Crippen LogP contribution >= 0.6 is 11.6 Å². The van der Waals surface area contributed by atoms with Crippen LogP contribution in [0.3, 0.4) is 0 Å². The van der Waals surface area contributed by atoms with Gasteiger partial charge >= 0.3 is 0 Å². The van der Waals surface area contributed by atoms with Gasteiger partial charge in [0.15, 0.2) is 5.78 Å².